The van der Waals surface area contributed by atoms with Crippen LogP contribution in [0.4, 0.5) is 0 Å². The predicted octanol–water partition coefficient (Wildman–Crippen LogP) is 1.01. The maximum Gasteiger partial charge on any atom is 0.341 e. The molecule has 7 nitrogen and oxygen atoms in total. The van der Waals surface area contributed by atoms with Crippen molar-refractivity contribution in [3.8, 4) is 0 Å². The highest BCUT2D eigenvalue weighted by molar-refractivity contribution is 5.87. The first-order chi connectivity index (χ1) is 8.57. The molecule has 0 spiro atoms. The highest BCUT2D eigenvalue weighted by Gasteiger charge is 2.54. The van der Waals surface area contributed by atoms with E-state index in [9.17, 15) is 14.4 Å². The van der Waals surface area contributed by atoms with E-state index in [0.717, 1.165) is 0 Å². The largest absolute Gasteiger partial charge is 0.481 e. The van der Waals surface area contributed by atoms with Crippen molar-refractivity contribution >= 4 is 17.9 Å². The number of carbonyl (C=O) groups excluding carboxylic acids is 1. The maximum absolute atomic E-state index is 11.9. The van der Waals surface area contributed by atoms with Crippen LogP contribution in [0.3, 0.4) is 0 Å². The Morgan fingerprint density at radius 3 is 2.21 bits per heavy atom. The van der Waals surface area contributed by atoms with Crippen LogP contribution >= 0.6 is 0 Å². The number of carboxylic acids is 2. The first-order valence-electron chi connectivity index (χ1n) is 5.89. The minimum absolute atomic E-state index is 0.222. The third-order valence-corrected chi connectivity index (χ3v) is 2.81. The van der Waals surface area contributed by atoms with Gasteiger partial charge in [-0.3, -0.25) is 9.59 Å². The Kier molecular flexibility index (Phi) is 4.19. The number of aliphatic carboxylic acids is 2. The third kappa shape index (κ3) is 3.66. The lowest BCUT2D eigenvalue weighted by molar-refractivity contribution is -0.163. The van der Waals surface area contributed by atoms with Gasteiger partial charge in [-0.15, -0.1) is 0 Å². The average Bonchev–Trinajstić information content (AvgIpc) is 2.53. The zero-order chi connectivity index (χ0) is 14.8. The van der Waals surface area contributed by atoms with E-state index < -0.39 is 41.6 Å². The van der Waals surface area contributed by atoms with Crippen molar-refractivity contribution in [3.05, 3.63) is 0 Å². The van der Waals surface area contributed by atoms with Crippen molar-refractivity contribution < 1.29 is 34.1 Å². The number of rotatable bonds is 5. The molecule has 19 heavy (non-hydrogen) atoms. The summed E-state index contributed by atoms with van der Waals surface area (Å²) in [6.07, 6.45) is -2.07. The minimum atomic E-state index is -1.71. The van der Waals surface area contributed by atoms with Gasteiger partial charge in [-0.25, -0.2) is 4.79 Å². The van der Waals surface area contributed by atoms with Gasteiger partial charge in [0.15, 0.2) is 5.60 Å². The van der Waals surface area contributed by atoms with Gasteiger partial charge in [0.2, 0.25) is 6.29 Å². The Balaban J connectivity index is 2.94. The Bertz CT molecular complexity index is 395. The maximum atomic E-state index is 11.9. The van der Waals surface area contributed by atoms with E-state index in [-0.39, 0.29) is 12.8 Å². The summed E-state index contributed by atoms with van der Waals surface area (Å²) in [5.74, 6) is -3.17. The summed E-state index contributed by atoms with van der Waals surface area (Å²) in [6.45, 7) is 5.33. The molecule has 0 saturated carbocycles. The van der Waals surface area contributed by atoms with E-state index in [1.165, 1.54) is 0 Å². The van der Waals surface area contributed by atoms with Crippen LogP contribution in [0.2, 0.25) is 0 Å². The normalized spacial score (nSPS) is 27.1. The van der Waals surface area contributed by atoms with Crippen LogP contribution in [-0.2, 0) is 23.9 Å². The van der Waals surface area contributed by atoms with Gasteiger partial charge >= 0.3 is 17.9 Å². The zero-order valence-electron chi connectivity index (χ0n) is 11.1. The molecule has 0 aromatic heterocycles. The van der Waals surface area contributed by atoms with Crippen LogP contribution in [0.25, 0.3) is 0 Å². The van der Waals surface area contributed by atoms with Crippen LogP contribution in [0.1, 0.15) is 40.0 Å². The summed E-state index contributed by atoms with van der Waals surface area (Å²) >= 11 is 0. The molecule has 108 valence electrons. The van der Waals surface area contributed by atoms with E-state index in [2.05, 4.69) is 0 Å². The number of ether oxygens (including phenoxy) is 2. The molecule has 1 saturated heterocycles. The van der Waals surface area contributed by atoms with E-state index in [0.29, 0.717) is 0 Å². The summed E-state index contributed by atoms with van der Waals surface area (Å²) in [5, 5.41) is 17.6. The molecule has 7 heteroatoms. The monoisotopic (exact) mass is 274 g/mol. The molecular formula is C12H18O7. The van der Waals surface area contributed by atoms with Gasteiger partial charge in [0.1, 0.15) is 0 Å². The molecule has 2 N–H and O–H groups in total. The first-order valence-corrected chi connectivity index (χ1v) is 5.89. The minimum Gasteiger partial charge on any atom is -0.481 e. The fourth-order valence-corrected chi connectivity index (χ4v) is 1.75. The molecule has 0 unspecified atom stereocenters. The highest BCUT2D eigenvalue weighted by atomic mass is 16.8. The van der Waals surface area contributed by atoms with Gasteiger partial charge < -0.3 is 19.7 Å². The number of hydrogen-bond acceptors (Lipinski definition) is 5. The second-order valence-electron chi connectivity index (χ2n) is 5.68. The summed E-state index contributed by atoms with van der Waals surface area (Å²) < 4.78 is 10.5. The number of carbonyl (C=O) groups is 3. The molecule has 1 aliphatic rings. The Morgan fingerprint density at radius 1 is 1.26 bits per heavy atom. The number of cyclic esters (lactones) is 1. The number of carboxylic acid groups (broad SMARTS) is 2. The van der Waals surface area contributed by atoms with Crippen molar-refractivity contribution in [3.63, 3.8) is 0 Å². The number of hydrogen-bond donors (Lipinski definition) is 2. The van der Waals surface area contributed by atoms with Crippen LogP contribution < -0.4 is 0 Å². The summed E-state index contributed by atoms with van der Waals surface area (Å²) in [4.78, 5) is 33.4. The van der Waals surface area contributed by atoms with Crippen molar-refractivity contribution in [1.82, 2.24) is 0 Å². The molecule has 0 bridgehead atoms. The number of esters is 1. The lowest BCUT2D eigenvalue weighted by Crippen LogP contribution is -2.40. The van der Waals surface area contributed by atoms with Crippen molar-refractivity contribution in [2.45, 2.75) is 51.9 Å². The molecule has 0 aliphatic carbocycles. The molecule has 1 heterocycles. The molecular weight excluding hydrogens is 256 g/mol. The van der Waals surface area contributed by atoms with Crippen molar-refractivity contribution in [1.29, 1.82) is 0 Å². The van der Waals surface area contributed by atoms with Crippen LogP contribution in [0.5, 0.6) is 0 Å². The molecule has 0 aromatic carbocycles. The van der Waals surface area contributed by atoms with Crippen LogP contribution in [-0.4, -0.2) is 40.0 Å². The lowest BCUT2D eigenvalue weighted by Gasteiger charge is -2.27. The predicted molar refractivity (Wildman–Crippen MR) is 62.3 cm³/mol. The van der Waals surface area contributed by atoms with Gasteiger partial charge in [0.05, 0.1) is 6.42 Å². The SMILES string of the molecule is CC(C)(C)[C@H]1OC(=O)[C@](CCC(=O)O)(CC(=O)O)O1. The molecule has 1 fully saturated rings. The van der Waals surface area contributed by atoms with Crippen molar-refractivity contribution in [2.24, 2.45) is 5.41 Å². The fraction of sp³-hybridized carbons (Fsp3) is 0.750. The molecule has 0 radical (unpaired) electrons. The van der Waals surface area contributed by atoms with E-state index >= 15 is 0 Å². The van der Waals surface area contributed by atoms with Gasteiger partial charge in [-0.1, -0.05) is 20.8 Å². The second-order valence-corrected chi connectivity index (χ2v) is 5.68. The van der Waals surface area contributed by atoms with Crippen LogP contribution in [0.15, 0.2) is 0 Å². The quantitative estimate of drug-likeness (QED) is 0.720. The standard InChI is InChI=1S/C12H18O7/c1-11(2,3)10-18-9(17)12(19-10,6-8(15)16)5-4-7(13)14/h10H,4-6H2,1-3H3,(H,13,14)(H,15,16)/t10-,12-/m0/s1. The van der Waals surface area contributed by atoms with E-state index in [4.69, 9.17) is 19.7 Å². The summed E-state index contributed by atoms with van der Waals surface area (Å²) in [6, 6.07) is 0. The van der Waals surface area contributed by atoms with E-state index in [1.54, 1.807) is 20.8 Å². The molecule has 1 rings (SSSR count). The smallest absolute Gasteiger partial charge is 0.341 e. The topological polar surface area (TPSA) is 110 Å². The summed E-state index contributed by atoms with van der Waals surface area (Å²) in [5.41, 5.74) is -2.22. The molecule has 1 aliphatic heterocycles. The highest BCUT2D eigenvalue weighted by Crippen LogP contribution is 2.39. The third-order valence-electron chi connectivity index (χ3n) is 2.81. The Labute approximate surface area is 110 Å². The van der Waals surface area contributed by atoms with Gasteiger partial charge in [0.25, 0.3) is 0 Å². The zero-order valence-corrected chi connectivity index (χ0v) is 11.1. The average molecular weight is 274 g/mol. The molecule has 0 amide bonds. The molecule has 0 aromatic rings. The summed E-state index contributed by atoms with van der Waals surface area (Å²) in [7, 11) is 0. The Hall–Kier alpha value is -1.63. The van der Waals surface area contributed by atoms with Gasteiger partial charge in [-0.05, 0) is 6.42 Å². The van der Waals surface area contributed by atoms with Crippen molar-refractivity contribution in [2.75, 3.05) is 0 Å². The molecule has 2 atom stereocenters. The van der Waals surface area contributed by atoms with Crippen LogP contribution in [0, 0.1) is 5.41 Å². The first kappa shape index (κ1) is 15.4. The fourth-order valence-electron chi connectivity index (χ4n) is 1.75. The van der Waals surface area contributed by atoms with Gasteiger partial charge in [0, 0.05) is 11.8 Å². The Morgan fingerprint density at radius 2 is 1.84 bits per heavy atom. The van der Waals surface area contributed by atoms with Gasteiger partial charge in [-0.2, -0.15) is 0 Å². The lowest BCUT2D eigenvalue weighted by atomic mass is 9.93. The second kappa shape index (κ2) is 5.16. The van der Waals surface area contributed by atoms with E-state index in [1.807, 2.05) is 0 Å².